The molecule has 5 heteroatoms. The maximum absolute atomic E-state index is 5.94. The molecule has 0 bridgehead atoms. The van der Waals surface area contributed by atoms with Crippen molar-refractivity contribution in [2.75, 3.05) is 32.8 Å². The number of nitrogens with one attached hydrogen (secondary N) is 3. The summed E-state index contributed by atoms with van der Waals surface area (Å²) in [5, 5.41) is 10.1. The highest BCUT2D eigenvalue weighted by molar-refractivity contribution is 5.79. The average Bonchev–Trinajstić information content (AvgIpc) is 2.51. The smallest absolute Gasteiger partial charge is 0.191 e. The fraction of sp³-hybridized carbons (Fsp3) is 0.944. The van der Waals surface area contributed by atoms with Gasteiger partial charge in [0.05, 0.1) is 6.10 Å². The van der Waals surface area contributed by atoms with Crippen LogP contribution in [-0.2, 0) is 4.74 Å². The summed E-state index contributed by atoms with van der Waals surface area (Å²) in [5.41, 5.74) is 0.160. The van der Waals surface area contributed by atoms with E-state index >= 15 is 0 Å². The highest BCUT2D eigenvalue weighted by Gasteiger charge is 2.12. The third kappa shape index (κ3) is 11.4. The highest BCUT2D eigenvalue weighted by atomic mass is 16.5. The first-order valence-corrected chi connectivity index (χ1v) is 9.40. The van der Waals surface area contributed by atoms with Crippen molar-refractivity contribution < 1.29 is 4.74 Å². The lowest BCUT2D eigenvalue weighted by Crippen LogP contribution is -2.44. The normalized spacial score (nSPS) is 17.3. The van der Waals surface area contributed by atoms with E-state index in [-0.39, 0.29) is 5.54 Å². The third-order valence-electron chi connectivity index (χ3n) is 3.90. The monoisotopic (exact) mass is 326 g/mol. The van der Waals surface area contributed by atoms with E-state index in [0.29, 0.717) is 6.10 Å². The molecule has 1 aliphatic carbocycles. The van der Waals surface area contributed by atoms with Crippen LogP contribution in [0.3, 0.4) is 0 Å². The lowest BCUT2D eigenvalue weighted by molar-refractivity contribution is 0.0281. The van der Waals surface area contributed by atoms with Crippen LogP contribution in [0.15, 0.2) is 4.99 Å². The van der Waals surface area contributed by atoms with Crippen LogP contribution in [0, 0.1) is 0 Å². The minimum absolute atomic E-state index is 0.160. The van der Waals surface area contributed by atoms with Crippen molar-refractivity contribution in [2.24, 2.45) is 4.99 Å². The van der Waals surface area contributed by atoms with E-state index in [1.54, 1.807) is 0 Å². The maximum Gasteiger partial charge on any atom is 0.191 e. The topological polar surface area (TPSA) is 57.7 Å². The van der Waals surface area contributed by atoms with Crippen LogP contribution in [0.2, 0.25) is 0 Å². The van der Waals surface area contributed by atoms with Crippen molar-refractivity contribution in [2.45, 2.75) is 77.9 Å². The van der Waals surface area contributed by atoms with Gasteiger partial charge in [-0.15, -0.1) is 0 Å². The second-order valence-electron chi connectivity index (χ2n) is 7.35. The standard InChI is InChI=1S/C18H38N4O/c1-5-19-17(21-13-14-22-18(2,3)4)20-12-9-15-23-16-10-7-6-8-11-16/h16,22H,5-15H2,1-4H3,(H2,19,20,21). The Morgan fingerprint density at radius 1 is 1.09 bits per heavy atom. The largest absolute Gasteiger partial charge is 0.378 e. The van der Waals surface area contributed by atoms with Crippen LogP contribution in [0.4, 0.5) is 0 Å². The van der Waals surface area contributed by atoms with Crippen molar-refractivity contribution in [1.82, 2.24) is 16.0 Å². The molecule has 3 N–H and O–H groups in total. The second kappa shape index (κ2) is 11.7. The summed E-state index contributed by atoms with van der Waals surface area (Å²) >= 11 is 0. The van der Waals surface area contributed by atoms with Gasteiger partial charge in [-0.2, -0.15) is 0 Å². The summed E-state index contributed by atoms with van der Waals surface area (Å²) in [6.07, 6.45) is 8.03. The zero-order valence-electron chi connectivity index (χ0n) is 15.7. The van der Waals surface area contributed by atoms with Gasteiger partial charge < -0.3 is 20.7 Å². The number of rotatable bonds is 9. The molecule has 0 aromatic rings. The predicted molar refractivity (Wildman–Crippen MR) is 99.2 cm³/mol. The van der Waals surface area contributed by atoms with Crippen molar-refractivity contribution >= 4 is 5.96 Å². The zero-order chi connectivity index (χ0) is 17.0. The molecule has 1 rings (SSSR count). The summed E-state index contributed by atoms with van der Waals surface area (Å²) in [6, 6.07) is 0. The number of hydrogen-bond acceptors (Lipinski definition) is 3. The molecule has 0 spiro atoms. The first-order valence-electron chi connectivity index (χ1n) is 9.40. The molecule has 1 saturated carbocycles. The molecule has 0 aromatic carbocycles. The summed E-state index contributed by atoms with van der Waals surface area (Å²) in [4.78, 5) is 4.62. The minimum atomic E-state index is 0.160. The second-order valence-corrected chi connectivity index (χ2v) is 7.35. The zero-order valence-corrected chi connectivity index (χ0v) is 15.7. The van der Waals surface area contributed by atoms with Crippen LogP contribution >= 0.6 is 0 Å². The number of guanidine groups is 1. The number of hydrogen-bond donors (Lipinski definition) is 3. The Bertz CT molecular complexity index is 319. The Hall–Kier alpha value is -0.810. The molecule has 1 fully saturated rings. The van der Waals surface area contributed by atoms with Gasteiger partial charge in [-0.3, -0.25) is 4.99 Å². The molecular formula is C18H38N4O. The minimum Gasteiger partial charge on any atom is -0.378 e. The van der Waals surface area contributed by atoms with E-state index in [1.807, 2.05) is 0 Å². The molecule has 136 valence electrons. The third-order valence-corrected chi connectivity index (χ3v) is 3.90. The van der Waals surface area contributed by atoms with E-state index in [0.717, 1.165) is 45.2 Å². The fourth-order valence-electron chi connectivity index (χ4n) is 2.70. The summed E-state index contributed by atoms with van der Waals surface area (Å²) in [7, 11) is 0. The summed E-state index contributed by atoms with van der Waals surface area (Å²) < 4.78 is 5.94. The maximum atomic E-state index is 5.94. The van der Waals surface area contributed by atoms with Crippen molar-refractivity contribution in [3.8, 4) is 0 Å². The van der Waals surface area contributed by atoms with Gasteiger partial charge in [0.25, 0.3) is 0 Å². The van der Waals surface area contributed by atoms with Gasteiger partial charge in [0.1, 0.15) is 0 Å². The Labute approximate surface area is 143 Å². The fourth-order valence-corrected chi connectivity index (χ4v) is 2.70. The van der Waals surface area contributed by atoms with Crippen LogP contribution in [-0.4, -0.2) is 50.4 Å². The molecule has 0 saturated heterocycles. The lowest BCUT2D eigenvalue weighted by atomic mass is 9.98. The molecule has 0 atom stereocenters. The predicted octanol–water partition coefficient (Wildman–Crippen LogP) is 2.67. The number of aliphatic imine (C=N–C) groups is 1. The molecule has 23 heavy (non-hydrogen) atoms. The van der Waals surface area contributed by atoms with E-state index < -0.39 is 0 Å². The van der Waals surface area contributed by atoms with Crippen molar-refractivity contribution in [3.05, 3.63) is 0 Å². The van der Waals surface area contributed by atoms with E-state index in [9.17, 15) is 0 Å². The van der Waals surface area contributed by atoms with Gasteiger partial charge in [-0.25, -0.2) is 0 Å². The molecule has 1 aliphatic rings. The van der Waals surface area contributed by atoms with Crippen LogP contribution in [0.1, 0.15) is 66.2 Å². The van der Waals surface area contributed by atoms with Crippen molar-refractivity contribution in [3.63, 3.8) is 0 Å². The van der Waals surface area contributed by atoms with Crippen LogP contribution in [0.25, 0.3) is 0 Å². The van der Waals surface area contributed by atoms with E-state index in [4.69, 9.17) is 4.74 Å². The Balaban J connectivity index is 2.12. The Morgan fingerprint density at radius 3 is 2.48 bits per heavy atom. The molecule has 0 radical (unpaired) electrons. The number of nitrogens with zero attached hydrogens (tertiary/aromatic N) is 1. The summed E-state index contributed by atoms with van der Waals surface area (Å²) in [6.45, 7) is 13.0. The van der Waals surface area contributed by atoms with Gasteiger partial charge in [0.2, 0.25) is 0 Å². The number of ether oxygens (including phenoxy) is 1. The first kappa shape index (κ1) is 20.2. The van der Waals surface area contributed by atoms with Gasteiger partial charge in [-0.1, -0.05) is 19.3 Å². The SMILES string of the molecule is CCNC(=NCCCOC1CCCCC1)NCCNC(C)(C)C. The van der Waals surface area contributed by atoms with Gasteiger partial charge in [0.15, 0.2) is 5.96 Å². The van der Waals surface area contributed by atoms with Gasteiger partial charge in [0, 0.05) is 38.3 Å². The molecule has 0 aromatic heterocycles. The average molecular weight is 327 g/mol. The molecule has 0 unspecified atom stereocenters. The Morgan fingerprint density at radius 2 is 1.83 bits per heavy atom. The van der Waals surface area contributed by atoms with Crippen LogP contribution in [0.5, 0.6) is 0 Å². The molecular weight excluding hydrogens is 288 g/mol. The van der Waals surface area contributed by atoms with E-state index in [2.05, 4.69) is 48.6 Å². The van der Waals surface area contributed by atoms with E-state index in [1.165, 1.54) is 32.1 Å². The first-order chi connectivity index (χ1) is 11.0. The molecule has 0 amide bonds. The lowest BCUT2D eigenvalue weighted by Gasteiger charge is -2.22. The van der Waals surface area contributed by atoms with Crippen molar-refractivity contribution in [1.29, 1.82) is 0 Å². The quantitative estimate of drug-likeness (QED) is 0.346. The highest BCUT2D eigenvalue weighted by Crippen LogP contribution is 2.20. The van der Waals surface area contributed by atoms with Gasteiger partial charge >= 0.3 is 0 Å². The summed E-state index contributed by atoms with van der Waals surface area (Å²) in [5.74, 6) is 0.904. The molecule has 0 aliphatic heterocycles. The molecule has 0 heterocycles. The molecule has 5 nitrogen and oxygen atoms in total. The van der Waals surface area contributed by atoms with Gasteiger partial charge in [-0.05, 0) is 47.0 Å². The Kier molecular flexibility index (Phi) is 10.3. The van der Waals surface area contributed by atoms with Crippen LogP contribution < -0.4 is 16.0 Å².